The van der Waals surface area contributed by atoms with Crippen molar-refractivity contribution in [3.05, 3.63) is 72.6 Å². The van der Waals surface area contributed by atoms with Crippen LogP contribution in [0.15, 0.2) is 60.9 Å². The highest BCUT2D eigenvalue weighted by Crippen LogP contribution is 2.29. The second-order valence-electron chi connectivity index (χ2n) is 8.59. The fourth-order valence-corrected chi connectivity index (χ4v) is 4.12. The van der Waals surface area contributed by atoms with Crippen molar-refractivity contribution in [1.29, 1.82) is 0 Å². The highest BCUT2D eigenvalue weighted by molar-refractivity contribution is 5.71. The summed E-state index contributed by atoms with van der Waals surface area (Å²) in [5, 5.41) is 0. The predicted octanol–water partition coefficient (Wildman–Crippen LogP) is 6.40. The molecule has 4 rings (SSSR count). The molecular weight excluding hydrogens is 368 g/mol. The molecule has 0 aliphatic heterocycles. The van der Waals surface area contributed by atoms with Gasteiger partial charge in [-0.15, -0.1) is 0 Å². The Bertz CT molecular complexity index is 1050. The molecule has 0 saturated heterocycles. The molecule has 4 nitrogen and oxygen atoms in total. The molecule has 0 aliphatic carbocycles. The highest BCUT2D eigenvalue weighted by atomic mass is 15.1. The van der Waals surface area contributed by atoms with Gasteiger partial charge in [0, 0.05) is 25.9 Å². The summed E-state index contributed by atoms with van der Waals surface area (Å²) in [5.41, 5.74) is 7.10. The molecule has 30 heavy (non-hydrogen) atoms. The second-order valence-corrected chi connectivity index (χ2v) is 8.59. The predicted molar refractivity (Wildman–Crippen MR) is 124 cm³/mol. The zero-order valence-electron chi connectivity index (χ0n) is 18.7. The van der Waals surface area contributed by atoms with E-state index in [1.54, 1.807) is 0 Å². The number of rotatable bonds is 5. The topological polar surface area (TPSA) is 35.6 Å². The van der Waals surface area contributed by atoms with Crippen LogP contribution in [0.25, 0.3) is 33.6 Å². The Kier molecular flexibility index (Phi) is 5.33. The van der Waals surface area contributed by atoms with Crippen LogP contribution in [0.1, 0.15) is 51.2 Å². The van der Waals surface area contributed by atoms with E-state index in [-0.39, 0.29) is 0 Å². The van der Waals surface area contributed by atoms with Crippen LogP contribution >= 0.6 is 0 Å². The molecule has 154 valence electrons. The molecule has 2 aromatic carbocycles. The fraction of sp³-hybridized carbons (Fsp3) is 0.308. The number of nitrogens with zero attached hydrogens (tertiary/aromatic N) is 4. The number of hydrogen-bond donors (Lipinski definition) is 0. The van der Waals surface area contributed by atoms with Gasteiger partial charge >= 0.3 is 0 Å². The Morgan fingerprint density at radius 1 is 0.533 bits per heavy atom. The maximum Gasteiger partial charge on any atom is 0.111 e. The molecule has 0 N–H and O–H groups in total. The Labute approximate surface area is 179 Å². The third-order valence-electron chi connectivity index (χ3n) is 5.78. The Morgan fingerprint density at radius 2 is 0.833 bits per heavy atom. The molecule has 0 spiro atoms. The molecule has 0 bridgehead atoms. The molecule has 4 heteroatoms. The second kappa shape index (κ2) is 7.94. The summed E-state index contributed by atoms with van der Waals surface area (Å²) in [6, 6.07) is 17.5. The third-order valence-corrected chi connectivity index (χ3v) is 5.78. The monoisotopic (exact) mass is 398 g/mol. The molecule has 0 amide bonds. The van der Waals surface area contributed by atoms with Gasteiger partial charge in [-0.3, -0.25) is 0 Å². The van der Waals surface area contributed by atoms with Crippen LogP contribution in [0, 0.1) is 0 Å². The first-order valence-corrected chi connectivity index (χ1v) is 10.6. The number of benzene rings is 2. The van der Waals surface area contributed by atoms with Gasteiger partial charge in [-0.05, 0) is 22.3 Å². The number of aromatic nitrogens is 4. The number of hydrogen-bond acceptors (Lipinski definition) is 2. The lowest BCUT2D eigenvalue weighted by molar-refractivity contribution is 0.714. The summed E-state index contributed by atoms with van der Waals surface area (Å²) in [6.45, 7) is 8.70. The average Bonchev–Trinajstić information content (AvgIpc) is 3.31. The summed E-state index contributed by atoms with van der Waals surface area (Å²) in [4.78, 5) is 9.17. The van der Waals surface area contributed by atoms with Crippen molar-refractivity contribution in [1.82, 2.24) is 19.1 Å². The maximum atomic E-state index is 4.59. The first-order chi connectivity index (χ1) is 14.4. The Morgan fingerprint density at radius 3 is 1.10 bits per heavy atom. The van der Waals surface area contributed by atoms with E-state index in [2.05, 4.69) is 109 Å². The van der Waals surface area contributed by atoms with Crippen LogP contribution in [-0.2, 0) is 14.1 Å². The molecule has 0 atom stereocenters. The molecule has 0 radical (unpaired) electrons. The zero-order chi connectivity index (χ0) is 21.4. The van der Waals surface area contributed by atoms with Crippen molar-refractivity contribution in [2.75, 3.05) is 0 Å². The molecule has 2 heterocycles. The molecule has 4 aromatic rings. The molecule has 0 unspecified atom stereocenters. The van der Waals surface area contributed by atoms with E-state index in [1.165, 1.54) is 22.3 Å². The van der Waals surface area contributed by atoms with Crippen LogP contribution in [0.4, 0.5) is 0 Å². The largest absolute Gasteiger partial charge is 0.331 e. The minimum absolute atomic E-state index is 0.414. The van der Waals surface area contributed by atoms with Gasteiger partial charge in [0.15, 0.2) is 0 Å². The van der Waals surface area contributed by atoms with Gasteiger partial charge in [-0.2, -0.15) is 0 Å². The van der Waals surface area contributed by atoms with Crippen molar-refractivity contribution in [3.8, 4) is 33.6 Å². The fourth-order valence-electron chi connectivity index (χ4n) is 4.12. The Balaban J connectivity index is 1.58. The zero-order valence-corrected chi connectivity index (χ0v) is 18.7. The van der Waals surface area contributed by atoms with Gasteiger partial charge in [-0.1, -0.05) is 76.2 Å². The van der Waals surface area contributed by atoms with E-state index in [4.69, 9.17) is 0 Å². The molecule has 0 aliphatic rings. The smallest absolute Gasteiger partial charge is 0.111 e. The normalized spacial score (nSPS) is 11.6. The summed E-state index contributed by atoms with van der Waals surface area (Å²) in [7, 11) is 4.18. The van der Waals surface area contributed by atoms with Crippen molar-refractivity contribution >= 4 is 0 Å². The van der Waals surface area contributed by atoms with Gasteiger partial charge in [-0.25, -0.2) is 9.97 Å². The quantitative estimate of drug-likeness (QED) is 0.390. The van der Waals surface area contributed by atoms with E-state index < -0.39 is 0 Å². The van der Waals surface area contributed by atoms with Gasteiger partial charge in [0.1, 0.15) is 11.6 Å². The van der Waals surface area contributed by atoms with Gasteiger partial charge in [0.25, 0.3) is 0 Å². The molecule has 0 fully saturated rings. The first-order valence-electron chi connectivity index (χ1n) is 10.6. The molecular formula is C26H30N4. The summed E-state index contributed by atoms with van der Waals surface area (Å²) >= 11 is 0. The maximum absolute atomic E-state index is 4.59. The lowest BCUT2D eigenvalue weighted by Gasteiger charge is -2.10. The van der Waals surface area contributed by atoms with Gasteiger partial charge in [0.05, 0.1) is 23.8 Å². The van der Waals surface area contributed by atoms with Crippen molar-refractivity contribution in [2.24, 2.45) is 14.1 Å². The Hall–Kier alpha value is -3.14. The average molecular weight is 399 g/mol. The van der Waals surface area contributed by atoms with Crippen molar-refractivity contribution in [2.45, 2.75) is 39.5 Å². The van der Waals surface area contributed by atoms with Gasteiger partial charge in [0.2, 0.25) is 0 Å². The molecule has 2 aromatic heterocycles. The van der Waals surface area contributed by atoms with Crippen LogP contribution in [0.3, 0.4) is 0 Å². The first kappa shape index (κ1) is 20.1. The van der Waals surface area contributed by atoms with E-state index in [1.807, 2.05) is 12.4 Å². The summed E-state index contributed by atoms with van der Waals surface area (Å²) in [5.74, 6) is 3.05. The van der Waals surface area contributed by atoms with Crippen molar-refractivity contribution < 1.29 is 0 Å². The molecule has 0 saturated carbocycles. The van der Waals surface area contributed by atoms with Crippen LogP contribution in [0.5, 0.6) is 0 Å². The highest BCUT2D eigenvalue weighted by Gasteiger charge is 2.13. The SMILES string of the molecule is CC(C)c1ncc(-c2ccc(-c3ccc(-c4cnc(C(C)C)n4C)cc3)cc2)n1C. The summed E-state index contributed by atoms with van der Waals surface area (Å²) in [6.07, 6.45) is 3.94. The van der Waals surface area contributed by atoms with Gasteiger partial charge < -0.3 is 9.13 Å². The van der Waals surface area contributed by atoms with Crippen LogP contribution in [-0.4, -0.2) is 19.1 Å². The van der Waals surface area contributed by atoms with Crippen LogP contribution < -0.4 is 0 Å². The van der Waals surface area contributed by atoms with E-state index in [9.17, 15) is 0 Å². The van der Waals surface area contributed by atoms with E-state index in [0.717, 1.165) is 23.0 Å². The minimum Gasteiger partial charge on any atom is -0.331 e. The lowest BCUT2D eigenvalue weighted by Crippen LogP contribution is -2.01. The van der Waals surface area contributed by atoms with Crippen molar-refractivity contribution in [3.63, 3.8) is 0 Å². The standard InChI is InChI=1S/C26H30N4/c1-17(2)25-27-15-23(29(25)5)21-11-7-19(8-12-21)20-9-13-22(14-10-20)24-16-28-26(18(3)4)30(24)6/h7-18H,1-6H3. The minimum atomic E-state index is 0.414. The van der Waals surface area contributed by atoms with E-state index >= 15 is 0 Å². The summed E-state index contributed by atoms with van der Waals surface area (Å²) < 4.78 is 4.38. The van der Waals surface area contributed by atoms with E-state index in [0.29, 0.717) is 11.8 Å². The number of imidazole rings is 2. The van der Waals surface area contributed by atoms with Crippen LogP contribution in [0.2, 0.25) is 0 Å². The third kappa shape index (κ3) is 3.58. The lowest BCUT2D eigenvalue weighted by atomic mass is 10.0.